The van der Waals surface area contributed by atoms with Crippen molar-refractivity contribution in [2.45, 2.75) is 6.92 Å². The van der Waals surface area contributed by atoms with Gasteiger partial charge in [0.15, 0.2) is 0 Å². The normalized spacial score (nSPS) is 15.0. The Hall–Kier alpha value is -1.64. The second-order valence-corrected chi connectivity index (χ2v) is 2.99. The van der Waals surface area contributed by atoms with E-state index in [4.69, 9.17) is 10.8 Å². The molecule has 0 atom stereocenters. The Morgan fingerprint density at radius 3 is 1.92 bits per heavy atom. The van der Waals surface area contributed by atoms with Crippen LogP contribution in [0.4, 0.5) is 0 Å². The van der Waals surface area contributed by atoms with Gasteiger partial charge in [-0.2, -0.15) is 0 Å². The maximum Gasteiger partial charge on any atom is 0.134 e. The van der Waals surface area contributed by atoms with Gasteiger partial charge in [-0.15, -0.1) is 0 Å². The maximum absolute atomic E-state index is 7.80. The second-order valence-electron chi connectivity index (χ2n) is 2.99. The molecule has 0 unspecified atom stereocenters. The Morgan fingerprint density at radius 2 is 1.54 bits per heavy atom. The van der Waals surface area contributed by atoms with Crippen molar-refractivity contribution in [1.82, 2.24) is 4.90 Å². The first kappa shape index (κ1) is 7.98. The van der Waals surface area contributed by atoms with Crippen LogP contribution < -0.4 is 0 Å². The summed E-state index contributed by atoms with van der Waals surface area (Å²) in [5, 5.41) is 15.6. The van der Waals surface area contributed by atoms with Gasteiger partial charge in [0, 0.05) is 17.7 Å². The molecule has 2 N–H and O–H groups in total. The van der Waals surface area contributed by atoms with Crippen molar-refractivity contribution in [1.29, 1.82) is 10.8 Å². The molecule has 0 saturated heterocycles. The molecule has 0 radical (unpaired) electrons. The van der Waals surface area contributed by atoms with Crippen LogP contribution in [-0.4, -0.2) is 23.1 Å². The Morgan fingerprint density at radius 1 is 1.08 bits per heavy atom. The predicted octanol–water partition coefficient (Wildman–Crippen LogP) is 1.67. The van der Waals surface area contributed by atoms with Gasteiger partial charge in [-0.3, -0.25) is 10.8 Å². The van der Waals surface area contributed by atoms with E-state index in [2.05, 4.69) is 0 Å². The fourth-order valence-corrected chi connectivity index (χ4v) is 1.61. The number of benzene rings is 1. The van der Waals surface area contributed by atoms with E-state index >= 15 is 0 Å². The number of hydrogen-bond acceptors (Lipinski definition) is 2. The molecule has 2 rings (SSSR count). The standard InChI is InChI=1S/C10H11N3/c1-2-13-9(11)7-5-3-4-6-8(7)10(13)12/h3-6,11-12H,2H2,1H3. The highest BCUT2D eigenvalue weighted by Gasteiger charge is 2.27. The molecule has 1 heterocycles. The van der Waals surface area contributed by atoms with Gasteiger partial charge in [0.25, 0.3) is 0 Å². The molecule has 0 bridgehead atoms. The molecule has 0 aromatic heterocycles. The lowest BCUT2D eigenvalue weighted by Gasteiger charge is -2.14. The van der Waals surface area contributed by atoms with Crippen molar-refractivity contribution < 1.29 is 0 Å². The summed E-state index contributed by atoms with van der Waals surface area (Å²) in [7, 11) is 0. The van der Waals surface area contributed by atoms with Crippen LogP contribution in [0.25, 0.3) is 0 Å². The molecule has 0 aliphatic carbocycles. The zero-order valence-corrected chi connectivity index (χ0v) is 7.46. The van der Waals surface area contributed by atoms with Crippen LogP contribution in [0.1, 0.15) is 18.1 Å². The Kier molecular flexibility index (Phi) is 1.65. The largest absolute Gasteiger partial charge is 0.311 e. The van der Waals surface area contributed by atoms with Crippen molar-refractivity contribution in [3.63, 3.8) is 0 Å². The van der Waals surface area contributed by atoms with Gasteiger partial charge in [0.2, 0.25) is 0 Å². The molecule has 1 aliphatic rings. The van der Waals surface area contributed by atoms with Crippen LogP contribution in [-0.2, 0) is 0 Å². The summed E-state index contributed by atoms with van der Waals surface area (Å²) < 4.78 is 0. The fraction of sp³-hybridized carbons (Fsp3) is 0.200. The fourth-order valence-electron chi connectivity index (χ4n) is 1.61. The van der Waals surface area contributed by atoms with Crippen LogP contribution in [0, 0.1) is 10.8 Å². The molecule has 0 saturated carbocycles. The minimum atomic E-state index is 0.447. The van der Waals surface area contributed by atoms with Crippen LogP contribution in [0.5, 0.6) is 0 Å². The van der Waals surface area contributed by atoms with E-state index in [1.165, 1.54) is 0 Å². The summed E-state index contributed by atoms with van der Waals surface area (Å²) in [6.07, 6.45) is 0. The Labute approximate surface area is 77.0 Å². The number of nitrogens with one attached hydrogen (secondary N) is 2. The molecule has 3 heteroatoms. The lowest BCUT2D eigenvalue weighted by Crippen LogP contribution is -2.29. The molecular weight excluding hydrogens is 162 g/mol. The third kappa shape index (κ3) is 0.967. The molecule has 0 amide bonds. The summed E-state index contributed by atoms with van der Waals surface area (Å²) in [4.78, 5) is 1.70. The van der Waals surface area contributed by atoms with Crippen molar-refractivity contribution in [3.8, 4) is 0 Å². The number of amidine groups is 2. The highest BCUT2D eigenvalue weighted by Crippen LogP contribution is 2.21. The van der Waals surface area contributed by atoms with Gasteiger partial charge < -0.3 is 4.90 Å². The zero-order valence-electron chi connectivity index (χ0n) is 7.46. The smallest absolute Gasteiger partial charge is 0.134 e. The number of rotatable bonds is 1. The highest BCUT2D eigenvalue weighted by molar-refractivity contribution is 6.23. The minimum absolute atomic E-state index is 0.447. The maximum atomic E-state index is 7.80. The van der Waals surface area contributed by atoms with Gasteiger partial charge in [-0.1, -0.05) is 24.3 Å². The molecule has 1 aliphatic heterocycles. The van der Waals surface area contributed by atoms with Crippen molar-refractivity contribution in [3.05, 3.63) is 35.4 Å². The van der Waals surface area contributed by atoms with E-state index in [1.54, 1.807) is 4.90 Å². The quantitative estimate of drug-likeness (QED) is 0.666. The Bertz CT molecular complexity index is 347. The average Bonchev–Trinajstić information content (AvgIpc) is 2.41. The first-order chi connectivity index (χ1) is 6.25. The first-order valence-corrected chi connectivity index (χ1v) is 4.30. The zero-order chi connectivity index (χ0) is 9.42. The molecule has 3 nitrogen and oxygen atoms in total. The van der Waals surface area contributed by atoms with E-state index in [1.807, 2.05) is 31.2 Å². The molecule has 66 valence electrons. The summed E-state index contributed by atoms with van der Waals surface area (Å²) in [5.74, 6) is 0.895. The van der Waals surface area contributed by atoms with Gasteiger partial charge >= 0.3 is 0 Å². The third-order valence-corrected chi connectivity index (χ3v) is 2.29. The number of fused-ring (bicyclic) bond motifs is 1. The monoisotopic (exact) mass is 173 g/mol. The summed E-state index contributed by atoms with van der Waals surface area (Å²) in [6, 6.07) is 7.59. The van der Waals surface area contributed by atoms with E-state index in [0.29, 0.717) is 18.2 Å². The van der Waals surface area contributed by atoms with Crippen molar-refractivity contribution >= 4 is 11.7 Å². The second kappa shape index (κ2) is 2.69. The lowest BCUT2D eigenvalue weighted by molar-refractivity contribution is 0.649. The topological polar surface area (TPSA) is 50.9 Å². The third-order valence-electron chi connectivity index (χ3n) is 2.29. The van der Waals surface area contributed by atoms with E-state index < -0.39 is 0 Å². The van der Waals surface area contributed by atoms with Crippen molar-refractivity contribution in [2.24, 2.45) is 0 Å². The van der Waals surface area contributed by atoms with E-state index in [9.17, 15) is 0 Å². The highest BCUT2D eigenvalue weighted by atomic mass is 15.2. The van der Waals surface area contributed by atoms with Gasteiger partial charge in [0.1, 0.15) is 11.7 Å². The molecule has 0 fully saturated rings. The van der Waals surface area contributed by atoms with Gasteiger partial charge in [-0.25, -0.2) is 0 Å². The summed E-state index contributed by atoms with van der Waals surface area (Å²) >= 11 is 0. The predicted molar refractivity (Wildman–Crippen MR) is 52.5 cm³/mol. The van der Waals surface area contributed by atoms with Gasteiger partial charge in [-0.05, 0) is 6.92 Å². The Balaban J connectivity index is 2.57. The van der Waals surface area contributed by atoms with E-state index in [0.717, 1.165) is 11.1 Å². The van der Waals surface area contributed by atoms with E-state index in [-0.39, 0.29) is 0 Å². The minimum Gasteiger partial charge on any atom is -0.311 e. The summed E-state index contributed by atoms with van der Waals surface area (Å²) in [6.45, 7) is 2.64. The van der Waals surface area contributed by atoms with Crippen LogP contribution in [0.3, 0.4) is 0 Å². The SMILES string of the molecule is CCN1C(=N)c2ccccc2C1=N. The van der Waals surface area contributed by atoms with Crippen molar-refractivity contribution in [2.75, 3.05) is 6.54 Å². The summed E-state index contributed by atoms with van der Waals surface area (Å²) in [5.41, 5.74) is 1.74. The number of nitrogens with zero attached hydrogens (tertiary/aromatic N) is 1. The van der Waals surface area contributed by atoms with Crippen LogP contribution in [0.2, 0.25) is 0 Å². The molecule has 1 aromatic carbocycles. The lowest BCUT2D eigenvalue weighted by atomic mass is 10.1. The average molecular weight is 173 g/mol. The number of hydrogen-bond donors (Lipinski definition) is 2. The first-order valence-electron chi connectivity index (χ1n) is 4.30. The molecule has 0 spiro atoms. The van der Waals surface area contributed by atoms with Crippen LogP contribution >= 0.6 is 0 Å². The van der Waals surface area contributed by atoms with Gasteiger partial charge in [0.05, 0.1) is 0 Å². The molecular formula is C10H11N3. The van der Waals surface area contributed by atoms with Crippen LogP contribution in [0.15, 0.2) is 24.3 Å². The molecule has 1 aromatic rings. The molecule has 13 heavy (non-hydrogen) atoms.